The van der Waals surface area contributed by atoms with Gasteiger partial charge >= 0.3 is 6.03 Å². The largest absolute Gasteiger partial charge is 0.337 e. The van der Waals surface area contributed by atoms with Gasteiger partial charge in [0, 0.05) is 32.1 Å². The summed E-state index contributed by atoms with van der Waals surface area (Å²) in [5.74, 6) is 1.86. The lowest BCUT2D eigenvalue weighted by Gasteiger charge is -2.26. The molecular formula is C17H22N6O. The standard InChI is InChI=1S/C17H22N6O/c24-17(20-11-16-22-21-15-6-3-7-23(15)16)19-10-14-8-12-4-1-2-5-13(12)9-18-14/h1-2,4-5,14,18H,3,6-11H2,(H2,19,20,24). The molecule has 0 spiro atoms. The van der Waals surface area contributed by atoms with Crippen LogP contribution in [0.2, 0.25) is 0 Å². The Labute approximate surface area is 140 Å². The average Bonchev–Trinajstić information content (AvgIpc) is 3.22. The number of carbonyl (C=O) groups is 1. The van der Waals surface area contributed by atoms with E-state index in [9.17, 15) is 4.79 Å². The SMILES string of the molecule is O=C(NCc1nnc2n1CCC2)NCC1Cc2ccccc2CN1. The van der Waals surface area contributed by atoms with Crippen LogP contribution in [0.1, 0.15) is 29.2 Å². The van der Waals surface area contributed by atoms with Crippen LogP contribution in [0.25, 0.3) is 0 Å². The summed E-state index contributed by atoms with van der Waals surface area (Å²) in [4.78, 5) is 12.0. The number of carbonyl (C=O) groups excluding carboxylic acids is 1. The molecule has 0 fully saturated rings. The van der Waals surface area contributed by atoms with Gasteiger partial charge in [-0.15, -0.1) is 10.2 Å². The number of urea groups is 1. The van der Waals surface area contributed by atoms with E-state index < -0.39 is 0 Å². The van der Waals surface area contributed by atoms with Crippen molar-refractivity contribution in [1.82, 2.24) is 30.7 Å². The lowest BCUT2D eigenvalue weighted by atomic mass is 9.96. The molecule has 1 unspecified atom stereocenters. The van der Waals surface area contributed by atoms with Crippen LogP contribution in [0.5, 0.6) is 0 Å². The van der Waals surface area contributed by atoms with Crippen molar-refractivity contribution in [1.29, 1.82) is 0 Å². The molecule has 2 aliphatic rings. The fourth-order valence-electron chi connectivity index (χ4n) is 3.44. The van der Waals surface area contributed by atoms with Crippen LogP contribution in [0.15, 0.2) is 24.3 Å². The van der Waals surface area contributed by atoms with Crippen LogP contribution in [0, 0.1) is 0 Å². The molecule has 126 valence electrons. The maximum Gasteiger partial charge on any atom is 0.315 e. The number of rotatable bonds is 4. The van der Waals surface area contributed by atoms with Gasteiger partial charge in [0.15, 0.2) is 5.82 Å². The van der Waals surface area contributed by atoms with E-state index in [1.54, 1.807) is 0 Å². The number of aromatic nitrogens is 3. The molecule has 1 aromatic carbocycles. The fourth-order valence-corrected chi connectivity index (χ4v) is 3.44. The molecule has 2 aromatic rings. The third-order valence-electron chi connectivity index (χ3n) is 4.77. The third kappa shape index (κ3) is 3.12. The second-order valence-electron chi connectivity index (χ2n) is 6.40. The Balaban J connectivity index is 1.24. The molecule has 1 atom stereocenters. The molecule has 0 bridgehead atoms. The Hall–Kier alpha value is -2.41. The maximum atomic E-state index is 12.0. The van der Waals surface area contributed by atoms with Crippen molar-refractivity contribution in [2.75, 3.05) is 6.54 Å². The Morgan fingerprint density at radius 1 is 1.25 bits per heavy atom. The molecule has 3 N–H and O–H groups in total. The van der Waals surface area contributed by atoms with Gasteiger partial charge in [0.1, 0.15) is 5.82 Å². The van der Waals surface area contributed by atoms with Crippen molar-refractivity contribution in [3.63, 3.8) is 0 Å². The Morgan fingerprint density at radius 2 is 2.12 bits per heavy atom. The highest BCUT2D eigenvalue weighted by molar-refractivity contribution is 5.73. The summed E-state index contributed by atoms with van der Waals surface area (Å²) in [6.45, 7) is 2.83. The van der Waals surface area contributed by atoms with Crippen LogP contribution in [-0.4, -0.2) is 33.4 Å². The van der Waals surface area contributed by atoms with Crippen molar-refractivity contribution in [2.45, 2.75) is 44.9 Å². The number of nitrogens with zero attached hydrogens (tertiary/aromatic N) is 3. The van der Waals surface area contributed by atoms with Gasteiger partial charge in [-0.05, 0) is 24.0 Å². The molecule has 24 heavy (non-hydrogen) atoms. The van der Waals surface area contributed by atoms with E-state index in [1.807, 2.05) is 0 Å². The molecule has 0 saturated heterocycles. The van der Waals surface area contributed by atoms with Crippen molar-refractivity contribution < 1.29 is 4.79 Å². The molecule has 0 radical (unpaired) electrons. The second kappa shape index (κ2) is 6.60. The first kappa shape index (κ1) is 15.1. The van der Waals surface area contributed by atoms with Crippen LogP contribution in [0.4, 0.5) is 4.79 Å². The van der Waals surface area contributed by atoms with E-state index >= 15 is 0 Å². The number of nitrogens with one attached hydrogen (secondary N) is 3. The van der Waals surface area contributed by atoms with E-state index in [4.69, 9.17) is 0 Å². The van der Waals surface area contributed by atoms with Crippen molar-refractivity contribution in [3.05, 3.63) is 47.0 Å². The van der Waals surface area contributed by atoms with Crippen molar-refractivity contribution in [2.24, 2.45) is 0 Å². The molecular weight excluding hydrogens is 304 g/mol. The third-order valence-corrected chi connectivity index (χ3v) is 4.77. The highest BCUT2D eigenvalue weighted by atomic mass is 16.2. The molecule has 2 aliphatic heterocycles. The van der Waals surface area contributed by atoms with Gasteiger partial charge in [-0.2, -0.15) is 0 Å². The summed E-state index contributed by atoms with van der Waals surface area (Å²) in [6, 6.07) is 8.55. The average molecular weight is 326 g/mol. The molecule has 7 nitrogen and oxygen atoms in total. The molecule has 4 rings (SSSR count). The van der Waals surface area contributed by atoms with Gasteiger partial charge in [0.25, 0.3) is 0 Å². The highest BCUT2D eigenvalue weighted by Crippen LogP contribution is 2.16. The number of hydrogen-bond donors (Lipinski definition) is 3. The quantitative estimate of drug-likeness (QED) is 0.774. The van der Waals surface area contributed by atoms with Crippen LogP contribution in [0.3, 0.4) is 0 Å². The summed E-state index contributed by atoms with van der Waals surface area (Å²) in [6.07, 6.45) is 3.03. The van der Waals surface area contributed by atoms with Crippen LogP contribution >= 0.6 is 0 Å². The summed E-state index contributed by atoms with van der Waals surface area (Å²) in [5, 5.41) is 17.6. The topological polar surface area (TPSA) is 83.9 Å². The van der Waals surface area contributed by atoms with Gasteiger partial charge in [-0.1, -0.05) is 24.3 Å². The minimum absolute atomic E-state index is 0.161. The number of aryl methyl sites for hydroxylation is 1. The summed E-state index contributed by atoms with van der Waals surface area (Å²) in [7, 11) is 0. The van der Waals surface area contributed by atoms with Gasteiger partial charge in [0.2, 0.25) is 0 Å². The van der Waals surface area contributed by atoms with Gasteiger partial charge in [-0.25, -0.2) is 4.79 Å². The number of hydrogen-bond acceptors (Lipinski definition) is 4. The second-order valence-corrected chi connectivity index (χ2v) is 6.40. The fraction of sp³-hybridized carbons (Fsp3) is 0.471. The first-order chi connectivity index (χ1) is 11.8. The monoisotopic (exact) mass is 326 g/mol. The first-order valence-electron chi connectivity index (χ1n) is 8.52. The van der Waals surface area contributed by atoms with Crippen LogP contribution < -0.4 is 16.0 Å². The smallest absolute Gasteiger partial charge is 0.315 e. The number of fused-ring (bicyclic) bond motifs is 2. The lowest BCUT2D eigenvalue weighted by Crippen LogP contribution is -2.47. The van der Waals surface area contributed by atoms with Crippen molar-refractivity contribution >= 4 is 6.03 Å². The predicted molar refractivity (Wildman–Crippen MR) is 89.4 cm³/mol. The zero-order valence-corrected chi connectivity index (χ0v) is 13.6. The molecule has 0 aliphatic carbocycles. The molecule has 2 amide bonds. The molecule has 0 saturated carbocycles. The van der Waals surface area contributed by atoms with E-state index in [1.165, 1.54) is 11.1 Å². The van der Waals surface area contributed by atoms with Gasteiger partial charge in [-0.3, -0.25) is 0 Å². The highest BCUT2D eigenvalue weighted by Gasteiger charge is 2.19. The van der Waals surface area contributed by atoms with Gasteiger partial charge in [0.05, 0.1) is 6.54 Å². The molecule has 1 aromatic heterocycles. The maximum absolute atomic E-state index is 12.0. The Bertz CT molecular complexity index is 740. The van der Waals surface area contributed by atoms with E-state index in [0.717, 1.165) is 44.0 Å². The number of benzene rings is 1. The van der Waals surface area contributed by atoms with E-state index in [2.05, 4.69) is 55.0 Å². The normalized spacial score (nSPS) is 18.8. The predicted octanol–water partition coefficient (Wildman–Crippen LogP) is 0.738. The first-order valence-corrected chi connectivity index (χ1v) is 8.52. The molecule has 7 heteroatoms. The lowest BCUT2D eigenvalue weighted by molar-refractivity contribution is 0.238. The van der Waals surface area contributed by atoms with E-state index in [-0.39, 0.29) is 12.1 Å². The Morgan fingerprint density at radius 3 is 3.04 bits per heavy atom. The Kier molecular flexibility index (Phi) is 4.17. The molecule has 3 heterocycles. The van der Waals surface area contributed by atoms with Gasteiger partial charge < -0.3 is 20.5 Å². The number of amides is 2. The summed E-state index contributed by atoms with van der Waals surface area (Å²) in [5.41, 5.74) is 2.71. The summed E-state index contributed by atoms with van der Waals surface area (Å²) < 4.78 is 2.10. The van der Waals surface area contributed by atoms with E-state index in [0.29, 0.717) is 13.1 Å². The summed E-state index contributed by atoms with van der Waals surface area (Å²) >= 11 is 0. The van der Waals surface area contributed by atoms with Crippen molar-refractivity contribution in [3.8, 4) is 0 Å². The van der Waals surface area contributed by atoms with Crippen LogP contribution in [-0.2, 0) is 32.5 Å². The zero-order valence-electron chi connectivity index (χ0n) is 13.6. The zero-order chi connectivity index (χ0) is 16.4. The minimum Gasteiger partial charge on any atom is -0.337 e. The minimum atomic E-state index is -0.161.